The van der Waals surface area contributed by atoms with Crippen LogP contribution in [-0.4, -0.2) is 43.1 Å². The third-order valence-electron chi connectivity index (χ3n) is 5.79. The first-order chi connectivity index (χ1) is 12.8. The van der Waals surface area contributed by atoms with Crippen LogP contribution in [0.2, 0.25) is 0 Å². The van der Waals surface area contributed by atoms with Crippen LogP contribution in [0.1, 0.15) is 53.6 Å². The van der Waals surface area contributed by atoms with Crippen molar-refractivity contribution in [2.45, 2.75) is 44.6 Å². The van der Waals surface area contributed by atoms with Gasteiger partial charge < -0.3 is 13.9 Å². The molecule has 5 rings (SSSR count). The van der Waals surface area contributed by atoms with E-state index in [-0.39, 0.29) is 5.91 Å². The Morgan fingerprint density at radius 3 is 2.81 bits per heavy atom. The van der Waals surface area contributed by atoms with E-state index >= 15 is 0 Å². The van der Waals surface area contributed by atoms with Crippen molar-refractivity contribution in [3.8, 4) is 0 Å². The number of nitrogens with zero attached hydrogens (tertiary/aromatic N) is 5. The summed E-state index contributed by atoms with van der Waals surface area (Å²) in [6.45, 7) is 2.63. The molecule has 1 saturated heterocycles. The number of carbonyl (C=O) groups excluding carboxylic acids is 1. The van der Waals surface area contributed by atoms with Crippen LogP contribution in [-0.2, 0) is 13.0 Å². The number of amides is 1. The quantitative estimate of drug-likeness (QED) is 0.715. The number of rotatable bonds is 2. The van der Waals surface area contributed by atoms with Crippen LogP contribution in [0, 0.1) is 0 Å². The minimum atomic E-state index is 0.135. The van der Waals surface area contributed by atoms with Crippen LogP contribution in [0.5, 0.6) is 0 Å². The van der Waals surface area contributed by atoms with Crippen molar-refractivity contribution in [3.05, 3.63) is 53.9 Å². The second-order valence-corrected chi connectivity index (χ2v) is 7.41. The molecule has 0 saturated carbocycles. The van der Waals surface area contributed by atoms with Gasteiger partial charge in [0.05, 0.1) is 5.56 Å². The number of carbonyl (C=O) groups is 1. The SMILES string of the molecule is O=C(c1cc2ccccn2c1)N1CCC(c2nnc3n2CCCC3)CC1. The lowest BCUT2D eigenvalue weighted by atomic mass is 9.95. The molecule has 0 bridgehead atoms. The highest BCUT2D eigenvalue weighted by Crippen LogP contribution is 2.29. The van der Waals surface area contributed by atoms with Crippen molar-refractivity contribution in [3.63, 3.8) is 0 Å². The molecule has 26 heavy (non-hydrogen) atoms. The van der Waals surface area contributed by atoms with E-state index in [1.54, 1.807) is 0 Å². The summed E-state index contributed by atoms with van der Waals surface area (Å²) in [7, 11) is 0. The van der Waals surface area contributed by atoms with E-state index < -0.39 is 0 Å². The van der Waals surface area contributed by atoms with Gasteiger partial charge in [-0.15, -0.1) is 10.2 Å². The molecule has 2 aliphatic rings. The van der Waals surface area contributed by atoms with Crippen LogP contribution in [0.15, 0.2) is 36.7 Å². The van der Waals surface area contributed by atoms with E-state index in [1.165, 1.54) is 12.8 Å². The Morgan fingerprint density at radius 1 is 1.08 bits per heavy atom. The number of piperidine rings is 1. The maximum atomic E-state index is 12.9. The summed E-state index contributed by atoms with van der Waals surface area (Å²) in [5, 5.41) is 8.87. The van der Waals surface area contributed by atoms with Gasteiger partial charge in [-0.25, -0.2) is 0 Å². The number of hydrogen-bond acceptors (Lipinski definition) is 3. The molecule has 1 fully saturated rings. The van der Waals surface area contributed by atoms with Gasteiger partial charge in [-0.05, 0) is 43.9 Å². The molecule has 0 spiro atoms. The first kappa shape index (κ1) is 15.6. The summed E-state index contributed by atoms with van der Waals surface area (Å²) in [5.41, 5.74) is 1.83. The first-order valence-electron chi connectivity index (χ1n) is 9.57. The van der Waals surface area contributed by atoms with E-state index in [0.717, 1.165) is 61.6 Å². The van der Waals surface area contributed by atoms with Gasteiger partial charge in [0, 0.05) is 49.9 Å². The van der Waals surface area contributed by atoms with Gasteiger partial charge in [-0.3, -0.25) is 4.79 Å². The Kier molecular flexibility index (Phi) is 3.76. The van der Waals surface area contributed by atoms with Crippen LogP contribution in [0.25, 0.3) is 5.52 Å². The van der Waals surface area contributed by atoms with Gasteiger partial charge >= 0.3 is 0 Å². The summed E-state index contributed by atoms with van der Waals surface area (Å²) in [5.74, 6) is 2.84. The molecule has 134 valence electrons. The largest absolute Gasteiger partial charge is 0.339 e. The fourth-order valence-electron chi connectivity index (χ4n) is 4.33. The lowest BCUT2D eigenvalue weighted by Gasteiger charge is -2.32. The van der Waals surface area contributed by atoms with Gasteiger partial charge in [0.25, 0.3) is 5.91 Å². The molecule has 0 radical (unpaired) electrons. The molecule has 0 atom stereocenters. The highest BCUT2D eigenvalue weighted by Gasteiger charge is 2.29. The molecule has 0 unspecified atom stereocenters. The summed E-state index contributed by atoms with van der Waals surface area (Å²) in [6.07, 6.45) is 9.33. The summed E-state index contributed by atoms with van der Waals surface area (Å²) in [4.78, 5) is 14.9. The van der Waals surface area contributed by atoms with Crippen LogP contribution < -0.4 is 0 Å². The lowest BCUT2D eigenvalue weighted by molar-refractivity contribution is 0.0710. The number of likely N-dealkylation sites (tertiary alicyclic amines) is 1. The Morgan fingerprint density at radius 2 is 1.96 bits per heavy atom. The molecular weight excluding hydrogens is 326 g/mol. The predicted octanol–water partition coefficient (Wildman–Crippen LogP) is 2.89. The minimum Gasteiger partial charge on any atom is -0.339 e. The topological polar surface area (TPSA) is 55.4 Å². The molecule has 6 heteroatoms. The minimum absolute atomic E-state index is 0.135. The molecular formula is C20H23N5O. The van der Waals surface area contributed by atoms with Crippen molar-refractivity contribution in [2.75, 3.05) is 13.1 Å². The third kappa shape index (κ3) is 2.60. The Labute approximate surface area is 152 Å². The Hall–Kier alpha value is -2.63. The van der Waals surface area contributed by atoms with Crippen molar-refractivity contribution < 1.29 is 4.79 Å². The summed E-state index contributed by atoms with van der Waals surface area (Å²) < 4.78 is 4.33. The molecule has 0 aliphatic carbocycles. The Balaban J connectivity index is 1.29. The fraction of sp³-hybridized carbons (Fsp3) is 0.450. The predicted molar refractivity (Wildman–Crippen MR) is 98.2 cm³/mol. The number of aromatic nitrogens is 4. The van der Waals surface area contributed by atoms with Crippen LogP contribution in [0.4, 0.5) is 0 Å². The fourth-order valence-corrected chi connectivity index (χ4v) is 4.33. The van der Waals surface area contributed by atoms with E-state index in [9.17, 15) is 4.79 Å². The highest BCUT2D eigenvalue weighted by atomic mass is 16.2. The zero-order valence-corrected chi connectivity index (χ0v) is 14.8. The molecule has 3 aromatic rings. The number of fused-ring (bicyclic) bond motifs is 2. The summed E-state index contributed by atoms with van der Waals surface area (Å²) >= 11 is 0. The Bertz CT molecular complexity index is 915. The van der Waals surface area contributed by atoms with Gasteiger partial charge in [-0.2, -0.15) is 0 Å². The normalized spacial score (nSPS) is 18.2. The zero-order chi connectivity index (χ0) is 17.5. The van der Waals surface area contributed by atoms with Gasteiger partial charge in [0.15, 0.2) is 0 Å². The third-order valence-corrected chi connectivity index (χ3v) is 5.79. The average molecular weight is 349 g/mol. The van der Waals surface area contributed by atoms with E-state index in [1.807, 2.05) is 46.0 Å². The number of aryl methyl sites for hydroxylation is 1. The number of hydrogen-bond donors (Lipinski definition) is 0. The molecule has 6 nitrogen and oxygen atoms in total. The van der Waals surface area contributed by atoms with Crippen molar-refractivity contribution >= 4 is 11.4 Å². The molecule has 5 heterocycles. The molecule has 2 aliphatic heterocycles. The maximum absolute atomic E-state index is 12.9. The van der Waals surface area contributed by atoms with E-state index in [4.69, 9.17) is 0 Å². The van der Waals surface area contributed by atoms with E-state index in [0.29, 0.717) is 5.92 Å². The van der Waals surface area contributed by atoms with Gasteiger partial charge in [-0.1, -0.05) is 6.07 Å². The molecule has 1 amide bonds. The molecule has 3 aromatic heterocycles. The standard InChI is InChI=1S/C20H23N5O/c26-20(16-13-17-5-1-3-9-24(17)14-16)23-11-7-15(8-12-23)19-22-21-18-6-2-4-10-25(18)19/h1,3,5,9,13-15H,2,4,6-8,10-12H2. The number of pyridine rings is 1. The van der Waals surface area contributed by atoms with E-state index in [2.05, 4.69) is 14.8 Å². The lowest BCUT2D eigenvalue weighted by Crippen LogP contribution is -2.38. The highest BCUT2D eigenvalue weighted by molar-refractivity contribution is 5.95. The van der Waals surface area contributed by atoms with Crippen molar-refractivity contribution in [1.82, 2.24) is 24.1 Å². The maximum Gasteiger partial charge on any atom is 0.255 e. The van der Waals surface area contributed by atoms with Gasteiger partial charge in [0.2, 0.25) is 0 Å². The second-order valence-electron chi connectivity index (χ2n) is 7.41. The smallest absolute Gasteiger partial charge is 0.255 e. The monoisotopic (exact) mass is 349 g/mol. The average Bonchev–Trinajstić information content (AvgIpc) is 3.32. The van der Waals surface area contributed by atoms with Crippen LogP contribution >= 0.6 is 0 Å². The van der Waals surface area contributed by atoms with Crippen molar-refractivity contribution in [2.24, 2.45) is 0 Å². The van der Waals surface area contributed by atoms with Crippen molar-refractivity contribution in [1.29, 1.82) is 0 Å². The second kappa shape index (κ2) is 6.27. The summed E-state index contributed by atoms with van der Waals surface area (Å²) in [6, 6.07) is 7.97. The molecule has 0 N–H and O–H groups in total. The van der Waals surface area contributed by atoms with Crippen LogP contribution in [0.3, 0.4) is 0 Å². The first-order valence-corrected chi connectivity index (χ1v) is 9.57. The molecule has 0 aromatic carbocycles. The van der Waals surface area contributed by atoms with Gasteiger partial charge in [0.1, 0.15) is 11.6 Å². The zero-order valence-electron chi connectivity index (χ0n) is 14.8.